The molecule has 0 saturated carbocycles. The number of aromatic hydroxyl groups is 1. The van der Waals surface area contributed by atoms with Crippen molar-refractivity contribution in [2.75, 3.05) is 0 Å². The van der Waals surface area contributed by atoms with Crippen molar-refractivity contribution in [2.45, 2.75) is 26.2 Å². The van der Waals surface area contributed by atoms with E-state index >= 15 is 0 Å². The molecule has 2 heterocycles. The maximum absolute atomic E-state index is 13.5. The van der Waals surface area contributed by atoms with E-state index < -0.39 is 17.0 Å². The van der Waals surface area contributed by atoms with Crippen LogP contribution in [-0.4, -0.2) is 25.0 Å². The van der Waals surface area contributed by atoms with Crippen molar-refractivity contribution in [3.05, 3.63) is 86.2 Å². The number of nitrogens with zero attached hydrogens (tertiary/aromatic N) is 2. The maximum atomic E-state index is 13.5. The number of fused-ring (bicyclic) bond motifs is 1. The lowest BCUT2D eigenvalue weighted by Gasteiger charge is -2.19. The third kappa shape index (κ3) is 3.26. The van der Waals surface area contributed by atoms with Gasteiger partial charge in [0, 0.05) is 19.7 Å². The summed E-state index contributed by atoms with van der Waals surface area (Å²) in [6, 6.07) is 13.9. The van der Waals surface area contributed by atoms with Crippen LogP contribution in [-0.2, 0) is 19.5 Å². The number of aromatic amines is 1. The number of hydrogen-bond donors (Lipinski definition) is 2. The van der Waals surface area contributed by atoms with Gasteiger partial charge in [0.05, 0.1) is 16.6 Å². The van der Waals surface area contributed by atoms with Gasteiger partial charge >= 0.3 is 5.69 Å². The van der Waals surface area contributed by atoms with E-state index in [1.165, 1.54) is 23.7 Å². The standard InChI is InChI=1S/C25H25N3O4/c1-25(2,3)15-12-10-14(11-13-15)18-19-22(27(4)24(32)28(5)23(19)31)26-20(18)21(30)16-8-6-7-9-17(16)29/h6-13,26,29H,1-5H3. The highest BCUT2D eigenvalue weighted by Crippen LogP contribution is 2.34. The summed E-state index contributed by atoms with van der Waals surface area (Å²) >= 11 is 0. The maximum Gasteiger partial charge on any atom is 0.332 e. The van der Waals surface area contributed by atoms with Gasteiger partial charge < -0.3 is 10.1 Å². The molecule has 0 fully saturated rings. The summed E-state index contributed by atoms with van der Waals surface area (Å²) in [7, 11) is 2.95. The van der Waals surface area contributed by atoms with Crippen LogP contribution in [0.15, 0.2) is 58.1 Å². The zero-order chi connectivity index (χ0) is 23.4. The van der Waals surface area contributed by atoms with Crippen molar-refractivity contribution in [1.29, 1.82) is 0 Å². The molecule has 0 atom stereocenters. The Hall–Kier alpha value is -3.87. The molecule has 0 saturated heterocycles. The molecule has 0 bridgehead atoms. The number of nitrogens with one attached hydrogen (secondary N) is 1. The molecular weight excluding hydrogens is 406 g/mol. The molecule has 2 aromatic heterocycles. The Kier molecular flexibility index (Phi) is 4.92. The highest BCUT2D eigenvalue weighted by molar-refractivity contribution is 6.17. The number of rotatable bonds is 3. The van der Waals surface area contributed by atoms with Crippen molar-refractivity contribution < 1.29 is 9.90 Å². The molecule has 2 aromatic carbocycles. The number of aromatic nitrogens is 3. The van der Waals surface area contributed by atoms with E-state index in [-0.39, 0.29) is 33.5 Å². The van der Waals surface area contributed by atoms with Crippen LogP contribution in [0.1, 0.15) is 42.4 Å². The van der Waals surface area contributed by atoms with E-state index in [4.69, 9.17) is 0 Å². The Morgan fingerprint density at radius 2 is 1.56 bits per heavy atom. The number of ketones is 1. The van der Waals surface area contributed by atoms with Crippen LogP contribution in [0.25, 0.3) is 22.2 Å². The van der Waals surface area contributed by atoms with Gasteiger partial charge in [-0.25, -0.2) is 4.79 Å². The molecule has 0 unspecified atom stereocenters. The zero-order valence-electron chi connectivity index (χ0n) is 18.7. The molecule has 0 spiro atoms. The van der Waals surface area contributed by atoms with Crippen molar-refractivity contribution in [3.8, 4) is 16.9 Å². The van der Waals surface area contributed by atoms with E-state index in [2.05, 4.69) is 25.8 Å². The summed E-state index contributed by atoms with van der Waals surface area (Å²) in [5.74, 6) is -0.629. The van der Waals surface area contributed by atoms with Gasteiger partial charge in [-0.1, -0.05) is 57.2 Å². The number of phenols is 1. The lowest BCUT2D eigenvalue weighted by molar-refractivity contribution is 0.103. The molecule has 0 aliphatic carbocycles. The monoisotopic (exact) mass is 431 g/mol. The van der Waals surface area contributed by atoms with Crippen LogP contribution in [0, 0.1) is 0 Å². The molecule has 0 aliphatic rings. The second kappa shape index (κ2) is 7.37. The molecule has 0 aliphatic heterocycles. The van der Waals surface area contributed by atoms with E-state index in [1.807, 2.05) is 24.3 Å². The Morgan fingerprint density at radius 3 is 2.16 bits per heavy atom. The lowest BCUT2D eigenvalue weighted by Crippen LogP contribution is -2.36. The summed E-state index contributed by atoms with van der Waals surface area (Å²) in [5.41, 5.74) is 1.63. The normalized spacial score (nSPS) is 11.8. The van der Waals surface area contributed by atoms with Gasteiger partial charge in [0.15, 0.2) is 0 Å². The molecule has 7 heteroatoms. The third-order valence-corrected chi connectivity index (χ3v) is 5.82. The predicted molar refractivity (Wildman–Crippen MR) is 124 cm³/mol. The highest BCUT2D eigenvalue weighted by atomic mass is 16.3. The Labute approximate surface area is 184 Å². The first-order valence-corrected chi connectivity index (χ1v) is 10.3. The van der Waals surface area contributed by atoms with Gasteiger partial charge in [-0.2, -0.15) is 0 Å². The first-order valence-electron chi connectivity index (χ1n) is 10.3. The van der Waals surface area contributed by atoms with Gasteiger partial charge in [-0.05, 0) is 28.7 Å². The Morgan fingerprint density at radius 1 is 0.938 bits per heavy atom. The number of phenolic OH excluding ortho intramolecular Hbond substituents is 1. The smallest absolute Gasteiger partial charge is 0.332 e. The van der Waals surface area contributed by atoms with E-state index in [1.54, 1.807) is 19.2 Å². The summed E-state index contributed by atoms with van der Waals surface area (Å²) in [5, 5.41) is 10.5. The Bertz CT molecular complexity index is 1480. The van der Waals surface area contributed by atoms with Gasteiger partial charge in [-0.15, -0.1) is 0 Å². The fourth-order valence-electron chi connectivity index (χ4n) is 3.92. The van der Waals surface area contributed by atoms with Crippen molar-refractivity contribution in [2.24, 2.45) is 14.1 Å². The van der Waals surface area contributed by atoms with Gasteiger partial charge in [0.25, 0.3) is 5.56 Å². The van der Waals surface area contributed by atoms with Crippen LogP contribution < -0.4 is 11.2 Å². The predicted octanol–water partition coefficient (Wildman–Crippen LogP) is 3.47. The fraction of sp³-hybridized carbons (Fsp3) is 0.240. The first-order chi connectivity index (χ1) is 15.0. The number of hydrogen-bond acceptors (Lipinski definition) is 4. The van der Waals surface area contributed by atoms with Gasteiger partial charge in [-0.3, -0.25) is 18.7 Å². The largest absolute Gasteiger partial charge is 0.507 e. The fourth-order valence-corrected chi connectivity index (χ4v) is 3.92. The SMILES string of the molecule is Cn1c(=O)c2c(-c3ccc(C(C)(C)C)cc3)c(C(=O)c3ccccc3O)[nH]c2n(C)c1=O. The number of aryl methyl sites for hydroxylation is 1. The van der Waals surface area contributed by atoms with Crippen LogP contribution in [0.5, 0.6) is 5.75 Å². The first kappa shape index (κ1) is 21.4. The van der Waals surface area contributed by atoms with Crippen LogP contribution in [0.4, 0.5) is 0 Å². The van der Waals surface area contributed by atoms with E-state index in [0.717, 1.165) is 10.1 Å². The van der Waals surface area contributed by atoms with Gasteiger partial charge in [0.1, 0.15) is 11.4 Å². The van der Waals surface area contributed by atoms with Crippen molar-refractivity contribution in [3.63, 3.8) is 0 Å². The molecular formula is C25H25N3O4. The number of carbonyl (C=O) groups is 1. The average Bonchev–Trinajstić information content (AvgIpc) is 3.16. The minimum absolute atomic E-state index is 0.0622. The summed E-state index contributed by atoms with van der Waals surface area (Å²) in [4.78, 5) is 42.1. The van der Waals surface area contributed by atoms with Crippen molar-refractivity contribution in [1.82, 2.24) is 14.1 Å². The molecule has 32 heavy (non-hydrogen) atoms. The lowest BCUT2D eigenvalue weighted by atomic mass is 9.86. The summed E-state index contributed by atoms with van der Waals surface area (Å²) in [6.07, 6.45) is 0. The zero-order valence-corrected chi connectivity index (χ0v) is 18.7. The number of H-pyrrole nitrogens is 1. The average molecular weight is 431 g/mol. The number of para-hydroxylation sites is 1. The summed E-state index contributed by atoms with van der Waals surface area (Å²) in [6.45, 7) is 6.31. The van der Waals surface area contributed by atoms with E-state index in [9.17, 15) is 19.5 Å². The third-order valence-electron chi connectivity index (χ3n) is 5.82. The highest BCUT2D eigenvalue weighted by Gasteiger charge is 2.26. The van der Waals surface area contributed by atoms with Crippen LogP contribution in [0.2, 0.25) is 0 Å². The van der Waals surface area contributed by atoms with Gasteiger partial charge in [0.2, 0.25) is 5.78 Å². The molecule has 4 rings (SSSR count). The quantitative estimate of drug-likeness (QED) is 0.486. The molecule has 0 amide bonds. The second-order valence-corrected chi connectivity index (χ2v) is 8.98. The minimum atomic E-state index is -0.500. The van der Waals surface area contributed by atoms with Crippen LogP contribution >= 0.6 is 0 Å². The Balaban J connectivity index is 2.09. The minimum Gasteiger partial charge on any atom is -0.507 e. The second-order valence-electron chi connectivity index (χ2n) is 8.98. The summed E-state index contributed by atoms with van der Waals surface area (Å²) < 4.78 is 2.34. The molecule has 0 radical (unpaired) electrons. The molecule has 4 aromatic rings. The molecule has 7 nitrogen and oxygen atoms in total. The number of carbonyl (C=O) groups excluding carboxylic acids is 1. The molecule has 164 valence electrons. The van der Waals surface area contributed by atoms with Crippen LogP contribution in [0.3, 0.4) is 0 Å². The molecule has 2 N–H and O–H groups in total. The van der Waals surface area contributed by atoms with Crippen molar-refractivity contribution >= 4 is 16.8 Å². The number of benzene rings is 2. The topological polar surface area (TPSA) is 97.1 Å². The van der Waals surface area contributed by atoms with E-state index in [0.29, 0.717) is 11.1 Å².